The van der Waals surface area contributed by atoms with E-state index in [1.54, 1.807) is 24.0 Å². The highest BCUT2D eigenvalue weighted by atomic mass is 35.5. The highest BCUT2D eigenvalue weighted by molar-refractivity contribution is 6.32. The summed E-state index contributed by atoms with van der Waals surface area (Å²) in [5, 5.41) is 3.56. The predicted molar refractivity (Wildman–Crippen MR) is 116 cm³/mol. The second-order valence-corrected chi connectivity index (χ2v) is 7.88. The van der Waals surface area contributed by atoms with Crippen LogP contribution in [0.3, 0.4) is 0 Å². The Morgan fingerprint density at radius 2 is 1.66 bits per heavy atom. The Labute approximate surface area is 178 Å². The molecule has 0 aromatic heterocycles. The number of aryl methyl sites for hydroxylation is 2. The standard InChI is InChI=1S/C23H29ClN2O3/c1-15(2)25-23(28)18(5)26(13-19-9-7-6-8-10-19)21(27)14-29-20-11-16(3)22(24)17(4)12-20/h6-12,15,18H,13-14H2,1-5H3,(H,25,28)/t18-/m1/s1. The van der Waals surface area contributed by atoms with E-state index in [0.29, 0.717) is 17.3 Å². The van der Waals surface area contributed by atoms with Crippen molar-refractivity contribution in [2.75, 3.05) is 6.61 Å². The zero-order valence-electron chi connectivity index (χ0n) is 17.7. The molecule has 0 spiro atoms. The third-order valence-corrected chi connectivity index (χ3v) is 5.16. The van der Waals surface area contributed by atoms with E-state index < -0.39 is 6.04 Å². The summed E-state index contributed by atoms with van der Waals surface area (Å²) in [6.07, 6.45) is 0. The number of amides is 2. The van der Waals surface area contributed by atoms with Crippen LogP contribution in [-0.4, -0.2) is 35.4 Å². The molecule has 0 heterocycles. The Kier molecular flexibility index (Phi) is 8.09. The van der Waals surface area contributed by atoms with Gasteiger partial charge in [-0.3, -0.25) is 9.59 Å². The SMILES string of the molecule is Cc1cc(OCC(=O)N(Cc2ccccc2)[C@H](C)C(=O)NC(C)C)cc(C)c1Cl. The molecular formula is C23H29ClN2O3. The minimum atomic E-state index is -0.623. The highest BCUT2D eigenvalue weighted by Crippen LogP contribution is 2.26. The number of carbonyl (C=O) groups excluding carboxylic acids is 2. The molecule has 0 saturated carbocycles. The van der Waals surface area contributed by atoms with Gasteiger partial charge in [0.05, 0.1) is 0 Å². The summed E-state index contributed by atoms with van der Waals surface area (Å²) in [4.78, 5) is 27.1. The average Bonchev–Trinajstić information content (AvgIpc) is 2.68. The molecule has 2 aromatic carbocycles. The molecular weight excluding hydrogens is 388 g/mol. The van der Waals surface area contributed by atoms with Crippen LogP contribution in [0.15, 0.2) is 42.5 Å². The third kappa shape index (κ3) is 6.50. The van der Waals surface area contributed by atoms with E-state index in [4.69, 9.17) is 16.3 Å². The van der Waals surface area contributed by atoms with Gasteiger partial charge in [0.25, 0.3) is 5.91 Å². The molecule has 0 aliphatic rings. The Balaban J connectivity index is 2.16. The van der Waals surface area contributed by atoms with Gasteiger partial charge in [0.15, 0.2) is 6.61 Å². The van der Waals surface area contributed by atoms with Crippen molar-refractivity contribution in [3.8, 4) is 5.75 Å². The number of halogens is 1. The van der Waals surface area contributed by atoms with E-state index >= 15 is 0 Å². The van der Waals surface area contributed by atoms with Gasteiger partial charge in [-0.2, -0.15) is 0 Å². The van der Waals surface area contributed by atoms with Crippen LogP contribution in [0.1, 0.15) is 37.5 Å². The van der Waals surface area contributed by atoms with Crippen molar-refractivity contribution in [3.05, 3.63) is 64.2 Å². The zero-order valence-corrected chi connectivity index (χ0v) is 18.4. The summed E-state index contributed by atoms with van der Waals surface area (Å²) in [5.41, 5.74) is 2.73. The molecule has 29 heavy (non-hydrogen) atoms. The number of ether oxygens (including phenoxy) is 1. The summed E-state index contributed by atoms with van der Waals surface area (Å²) < 4.78 is 5.73. The summed E-state index contributed by atoms with van der Waals surface area (Å²) in [7, 11) is 0. The maximum absolute atomic E-state index is 13.0. The van der Waals surface area contributed by atoms with Gasteiger partial charge in [0.2, 0.25) is 5.91 Å². The van der Waals surface area contributed by atoms with E-state index in [1.165, 1.54) is 0 Å². The molecule has 1 N–H and O–H groups in total. The molecule has 0 bridgehead atoms. The predicted octanol–water partition coefficient (Wildman–Crippen LogP) is 4.28. The molecule has 0 fully saturated rings. The number of nitrogens with zero attached hydrogens (tertiary/aromatic N) is 1. The molecule has 6 heteroatoms. The molecule has 0 saturated heterocycles. The minimum absolute atomic E-state index is 0.00473. The maximum atomic E-state index is 13.0. The fraction of sp³-hybridized carbons (Fsp3) is 0.391. The third-order valence-electron chi connectivity index (χ3n) is 4.57. The van der Waals surface area contributed by atoms with Gasteiger partial charge in [-0.05, 0) is 63.4 Å². The van der Waals surface area contributed by atoms with Crippen LogP contribution in [-0.2, 0) is 16.1 Å². The molecule has 0 aliphatic heterocycles. The lowest BCUT2D eigenvalue weighted by molar-refractivity contribution is -0.142. The first kappa shape index (κ1) is 22.8. The first-order chi connectivity index (χ1) is 13.7. The van der Waals surface area contributed by atoms with Gasteiger partial charge < -0.3 is 15.0 Å². The van der Waals surface area contributed by atoms with Crippen molar-refractivity contribution < 1.29 is 14.3 Å². The fourth-order valence-corrected chi connectivity index (χ4v) is 3.09. The van der Waals surface area contributed by atoms with E-state index in [1.807, 2.05) is 58.0 Å². The van der Waals surface area contributed by atoms with Crippen LogP contribution in [0.2, 0.25) is 5.02 Å². The minimum Gasteiger partial charge on any atom is -0.484 e. The fourth-order valence-electron chi connectivity index (χ4n) is 2.99. The molecule has 2 rings (SSSR count). The number of hydrogen-bond acceptors (Lipinski definition) is 3. The quantitative estimate of drug-likeness (QED) is 0.698. The molecule has 5 nitrogen and oxygen atoms in total. The number of carbonyl (C=O) groups is 2. The molecule has 0 unspecified atom stereocenters. The average molecular weight is 417 g/mol. The van der Waals surface area contributed by atoms with Gasteiger partial charge in [0.1, 0.15) is 11.8 Å². The largest absolute Gasteiger partial charge is 0.484 e. The summed E-state index contributed by atoms with van der Waals surface area (Å²) >= 11 is 6.20. The zero-order chi connectivity index (χ0) is 21.6. The number of nitrogens with one attached hydrogen (secondary N) is 1. The van der Waals surface area contributed by atoms with Crippen molar-refractivity contribution in [3.63, 3.8) is 0 Å². The molecule has 1 atom stereocenters. The Hall–Kier alpha value is -2.53. The Morgan fingerprint density at radius 3 is 2.21 bits per heavy atom. The van der Waals surface area contributed by atoms with Gasteiger partial charge in [-0.15, -0.1) is 0 Å². The van der Waals surface area contributed by atoms with Crippen LogP contribution in [0, 0.1) is 13.8 Å². The first-order valence-electron chi connectivity index (χ1n) is 9.72. The van der Waals surface area contributed by atoms with Gasteiger partial charge in [-0.1, -0.05) is 41.9 Å². The lowest BCUT2D eigenvalue weighted by Gasteiger charge is -2.29. The van der Waals surface area contributed by atoms with Gasteiger partial charge in [-0.25, -0.2) is 0 Å². The van der Waals surface area contributed by atoms with Gasteiger partial charge >= 0.3 is 0 Å². The monoisotopic (exact) mass is 416 g/mol. The lowest BCUT2D eigenvalue weighted by atomic mass is 10.1. The van der Waals surface area contributed by atoms with Crippen molar-refractivity contribution >= 4 is 23.4 Å². The highest BCUT2D eigenvalue weighted by Gasteiger charge is 2.26. The van der Waals surface area contributed by atoms with Crippen molar-refractivity contribution in [2.45, 2.75) is 53.2 Å². The smallest absolute Gasteiger partial charge is 0.261 e. The van der Waals surface area contributed by atoms with E-state index in [2.05, 4.69) is 5.32 Å². The number of rotatable bonds is 8. The second kappa shape index (κ2) is 10.3. The molecule has 156 valence electrons. The van der Waals surface area contributed by atoms with Gasteiger partial charge in [0, 0.05) is 17.6 Å². The van der Waals surface area contributed by atoms with Crippen molar-refractivity contribution in [2.24, 2.45) is 0 Å². The van der Waals surface area contributed by atoms with Crippen LogP contribution >= 0.6 is 11.6 Å². The number of benzene rings is 2. The van der Waals surface area contributed by atoms with E-state index in [-0.39, 0.29) is 24.5 Å². The van der Waals surface area contributed by atoms with Crippen molar-refractivity contribution in [1.82, 2.24) is 10.2 Å². The molecule has 0 aliphatic carbocycles. The normalized spacial score (nSPS) is 11.8. The van der Waals surface area contributed by atoms with Crippen LogP contribution < -0.4 is 10.1 Å². The van der Waals surface area contributed by atoms with Crippen LogP contribution in [0.4, 0.5) is 0 Å². The first-order valence-corrected chi connectivity index (χ1v) is 10.1. The summed E-state index contributed by atoms with van der Waals surface area (Å²) in [6.45, 7) is 9.47. The van der Waals surface area contributed by atoms with E-state index in [0.717, 1.165) is 16.7 Å². The van der Waals surface area contributed by atoms with Crippen LogP contribution in [0.25, 0.3) is 0 Å². The van der Waals surface area contributed by atoms with E-state index in [9.17, 15) is 9.59 Å². The lowest BCUT2D eigenvalue weighted by Crippen LogP contribution is -2.50. The number of hydrogen-bond donors (Lipinski definition) is 1. The van der Waals surface area contributed by atoms with Crippen LogP contribution in [0.5, 0.6) is 5.75 Å². The summed E-state index contributed by atoms with van der Waals surface area (Å²) in [5.74, 6) is 0.129. The van der Waals surface area contributed by atoms with Crippen molar-refractivity contribution in [1.29, 1.82) is 0 Å². The Morgan fingerprint density at radius 1 is 1.07 bits per heavy atom. The summed E-state index contributed by atoms with van der Waals surface area (Å²) in [6, 6.07) is 12.6. The second-order valence-electron chi connectivity index (χ2n) is 7.51. The maximum Gasteiger partial charge on any atom is 0.261 e. The molecule has 2 aromatic rings. The molecule has 0 radical (unpaired) electrons. The topological polar surface area (TPSA) is 58.6 Å². The molecule has 2 amide bonds. The Bertz CT molecular complexity index is 829.